The van der Waals surface area contributed by atoms with Gasteiger partial charge in [0.15, 0.2) is 0 Å². The Hall–Kier alpha value is -0.260. The maximum Gasteiger partial charge on any atom is -0.0202 e. The van der Waals surface area contributed by atoms with Crippen molar-refractivity contribution in [3.8, 4) is 0 Å². The largest absolute Gasteiger partial charge is 0.103 e. The van der Waals surface area contributed by atoms with E-state index >= 15 is 0 Å². The third-order valence-electron chi connectivity index (χ3n) is 4.55. The Morgan fingerprint density at radius 1 is 0.909 bits per heavy atom. The fourth-order valence-corrected chi connectivity index (χ4v) is 3.91. The van der Waals surface area contributed by atoms with Crippen LogP contribution in [0.1, 0.15) is 25.7 Å². The molecule has 0 radical (unpaired) electrons. The molecule has 11 heavy (non-hydrogen) atoms. The molecule has 0 aliphatic heterocycles. The van der Waals surface area contributed by atoms with Gasteiger partial charge in [-0.25, -0.2) is 0 Å². The Kier molecular flexibility index (Phi) is 1.09. The summed E-state index contributed by atoms with van der Waals surface area (Å²) in [4.78, 5) is 0. The van der Waals surface area contributed by atoms with Crippen LogP contribution in [-0.4, -0.2) is 0 Å². The van der Waals surface area contributed by atoms with Gasteiger partial charge >= 0.3 is 0 Å². The standard InChI is InChI=1S/C11H16/c1-2-7-3-4-9-8-5-6-10(8)11(7)9/h2,7-11H,1,3-6H2. The van der Waals surface area contributed by atoms with Crippen molar-refractivity contribution >= 4 is 0 Å². The van der Waals surface area contributed by atoms with Crippen LogP contribution in [-0.2, 0) is 0 Å². The monoisotopic (exact) mass is 148 g/mol. The lowest BCUT2D eigenvalue weighted by Gasteiger charge is -2.58. The van der Waals surface area contributed by atoms with Gasteiger partial charge in [0.05, 0.1) is 0 Å². The van der Waals surface area contributed by atoms with Gasteiger partial charge in [-0.15, -0.1) is 6.58 Å². The summed E-state index contributed by atoms with van der Waals surface area (Å²) >= 11 is 0. The first kappa shape index (κ1) is 6.28. The number of allylic oxidation sites excluding steroid dienone is 1. The minimum absolute atomic E-state index is 0.904. The van der Waals surface area contributed by atoms with E-state index in [1.807, 2.05) is 0 Å². The zero-order valence-corrected chi connectivity index (χ0v) is 7.00. The van der Waals surface area contributed by atoms with Crippen LogP contribution in [0.5, 0.6) is 0 Å². The molecule has 0 amide bonds. The molecular weight excluding hydrogens is 132 g/mol. The van der Waals surface area contributed by atoms with E-state index in [2.05, 4.69) is 12.7 Å². The highest BCUT2D eigenvalue weighted by atomic mass is 14.6. The maximum absolute atomic E-state index is 3.95. The second-order valence-corrected chi connectivity index (χ2v) is 4.62. The van der Waals surface area contributed by atoms with Gasteiger partial charge in [0.1, 0.15) is 0 Å². The minimum atomic E-state index is 0.904. The minimum Gasteiger partial charge on any atom is -0.103 e. The highest BCUT2D eigenvalue weighted by molar-refractivity contribution is 5.11. The third kappa shape index (κ3) is 0.579. The van der Waals surface area contributed by atoms with Gasteiger partial charge in [0.25, 0.3) is 0 Å². The van der Waals surface area contributed by atoms with Crippen LogP contribution in [0.25, 0.3) is 0 Å². The van der Waals surface area contributed by atoms with Crippen LogP contribution in [0.4, 0.5) is 0 Å². The molecule has 0 aromatic rings. The fourth-order valence-electron chi connectivity index (χ4n) is 3.91. The van der Waals surface area contributed by atoms with E-state index in [-0.39, 0.29) is 0 Å². The summed E-state index contributed by atoms with van der Waals surface area (Å²) in [6.45, 7) is 3.95. The van der Waals surface area contributed by atoms with Crippen molar-refractivity contribution in [3.05, 3.63) is 12.7 Å². The molecule has 60 valence electrons. The Balaban J connectivity index is 1.82. The third-order valence-corrected chi connectivity index (χ3v) is 4.55. The zero-order chi connectivity index (χ0) is 7.42. The van der Waals surface area contributed by atoms with Gasteiger partial charge in [-0.1, -0.05) is 6.08 Å². The van der Waals surface area contributed by atoms with Crippen molar-refractivity contribution < 1.29 is 0 Å². The van der Waals surface area contributed by atoms with Crippen molar-refractivity contribution in [3.63, 3.8) is 0 Å². The molecule has 0 aromatic carbocycles. The SMILES string of the molecule is C=CC1CCC2C3CCC3C12. The zero-order valence-electron chi connectivity index (χ0n) is 7.00. The summed E-state index contributed by atoms with van der Waals surface area (Å²) in [5, 5.41) is 0. The first-order valence-corrected chi connectivity index (χ1v) is 5.04. The van der Waals surface area contributed by atoms with E-state index in [0.29, 0.717) is 0 Å². The van der Waals surface area contributed by atoms with E-state index in [1.165, 1.54) is 25.2 Å². The predicted molar refractivity (Wildman–Crippen MR) is 46.1 cm³/mol. The van der Waals surface area contributed by atoms with Gasteiger partial charge in [0, 0.05) is 0 Å². The number of hydrogen-bond acceptors (Lipinski definition) is 0. The van der Waals surface area contributed by atoms with Crippen LogP contribution < -0.4 is 0 Å². The van der Waals surface area contributed by atoms with Gasteiger partial charge in [-0.3, -0.25) is 0 Å². The lowest BCUT2D eigenvalue weighted by atomic mass is 9.47. The van der Waals surface area contributed by atoms with Crippen LogP contribution in [0.15, 0.2) is 12.7 Å². The molecule has 0 bridgehead atoms. The van der Waals surface area contributed by atoms with E-state index in [9.17, 15) is 0 Å². The Labute approximate surface area is 68.7 Å². The quantitative estimate of drug-likeness (QED) is 0.502. The van der Waals surface area contributed by atoms with Crippen molar-refractivity contribution in [2.75, 3.05) is 0 Å². The van der Waals surface area contributed by atoms with Crippen LogP contribution in [0.3, 0.4) is 0 Å². The number of rotatable bonds is 1. The smallest absolute Gasteiger partial charge is 0.0202 e. The summed E-state index contributed by atoms with van der Waals surface area (Å²) in [5.74, 6) is 5.44. The van der Waals surface area contributed by atoms with Crippen molar-refractivity contribution in [1.29, 1.82) is 0 Å². The molecule has 0 spiro atoms. The lowest BCUT2D eigenvalue weighted by Crippen LogP contribution is -2.52. The normalized spacial score (nSPS) is 58.7. The van der Waals surface area contributed by atoms with Gasteiger partial charge in [-0.05, 0) is 55.3 Å². The Morgan fingerprint density at radius 3 is 2.09 bits per heavy atom. The Bertz CT molecular complexity index is 194. The van der Waals surface area contributed by atoms with E-state index in [1.54, 1.807) is 6.42 Å². The van der Waals surface area contributed by atoms with Crippen LogP contribution in [0.2, 0.25) is 0 Å². The molecule has 0 nitrogen and oxygen atoms in total. The second kappa shape index (κ2) is 1.91. The second-order valence-electron chi connectivity index (χ2n) is 4.62. The molecule has 3 rings (SSSR count). The topological polar surface area (TPSA) is 0 Å². The lowest BCUT2D eigenvalue weighted by molar-refractivity contribution is -0.0927. The van der Waals surface area contributed by atoms with Crippen LogP contribution in [0, 0.1) is 29.6 Å². The molecule has 3 aliphatic rings. The summed E-state index contributed by atoms with van der Waals surface area (Å²) in [5.41, 5.74) is 0. The molecule has 5 unspecified atom stereocenters. The summed E-state index contributed by atoms with van der Waals surface area (Å²) in [6.07, 6.45) is 8.28. The highest BCUT2D eigenvalue weighted by Crippen LogP contribution is 2.66. The fraction of sp³-hybridized carbons (Fsp3) is 0.818. The molecule has 3 aliphatic carbocycles. The highest BCUT2D eigenvalue weighted by Gasteiger charge is 2.59. The molecule has 0 saturated heterocycles. The van der Waals surface area contributed by atoms with Gasteiger partial charge < -0.3 is 0 Å². The van der Waals surface area contributed by atoms with E-state index < -0.39 is 0 Å². The average Bonchev–Trinajstić information content (AvgIpc) is 2.30. The predicted octanol–water partition coefficient (Wildman–Crippen LogP) is 2.85. The first-order valence-electron chi connectivity index (χ1n) is 5.04. The van der Waals surface area contributed by atoms with Crippen molar-refractivity contribution in [2.45, 2.75) is 25.7 Å². The van der Waals surface area contributed by atoms with Crippen LogP contribution >= 0.6 is 0 Å². The number of hydrogen-bond donors (Lipinski definition) is 0. The maximum atomic E-state index is 3.95. The molecule has 0 N–H and O–H groups in total. The number of fused-ring (bicyclic) bond motifs is 4. The molecule has 0 heterocycles. The van der Waals surface area contributed by atoms with Crippen molar-refractivity contribution in [2.24, 2.45) is 29.6 Å². The van der Waals surface area contributed by atoms with E-state index in [4.69, 9.17) is 0 Å². The van der Waals surface area contributed by atoms with E-state index in [0.717, 1.165) is 23.7 Å². The molecule has 0 heteroatoms. The van der Waals surface area contributed by atoms with Gasteiger partial charge in [0.2, 0.25) is 0 Å². The molecular formula is C11H16. The first-order chi connectivity index (χ1) is 5.42. The average molecular weight is 148 g/mol. The molecule has 3 saturated carbocycles. The molecule has 5 atom stereocenters. The Morgan fingerprint density at radius 2 is 1.55 bits per heavy atom. The van der Waals surface area contributed by atoms with Gasteiger partial charge in [-0.2, -0.15) is 0 Å². The summed E-state index contributed by atoms with van der Waals surface area (Å²) in [7, 11) is 0. The molecule has 3 fully saturated rings. The van der Waals surface area contributed by atoms with Crippen molar-refractivity contribution in [1.82, 2.24) is 0 Å². The summed E-state index contributed by atoms with van der Waals surface area (Å²) in [6, 6.07) is 0. The summed E-state index contributed by atoms with van der Waals surface area (Å²) < 4.78 is 0. The molecule has 0 aromatic heterocycles.